The standard InChI is InChI=1S/C22H20F3N5O3/c1-13(18-4-2-3-9-26-18)28-19(31)15-11-29(21(32)33)20-17(10-27-30(20)12-15)14-5-7-16(8-6-14)22(23,24)25/h2-10,13,15H,11-12H2,1H3,(H,28,31)(H,32,33). The van der Waals surface area contributed by atoms with Crippen LogP contribution in [0.1, 0.15) is 24.2 Å². The molecule has 2 amide bonds. The van der Waals surface area contributed by atoms with E-state index in [4.69, 9.17) is 0 Å². The molecule has 0 fully saturated rings. The number of carbonyl (C=O) groups excluding carboxylic acids is 1. The summed E-state index contributed by atoms with van der Waals surface area (Å²) in [5.41, 5.74) is 0.622. The highest BCUT2D eigenvalue weighted by atomic mass is 19.4. The largest absolute Gasteiger partial charge is 0.465 e. The number of anilines is 1. The highest BCUT2D eigenvalue weighted by Crippen LogP contribution is 2.37. The third kappa shape index (κ3) is 4.52. The normalized spacial score (nSPS) is 16.7. The molecule has 2 aromatic heterocycles. The Morgan fingerprint density at radius 1 is 1.15 bits per heavy atom. The molecule has 1 aromatic carbocycles. The quantitative estimate of drug-likeness (QED) is 0.615. The van der Waals surface area contributed by atoms with Crippen LogP contribution in [0.4, 0.5) is 23.8 Å². The molecule has 0 bridgehead atoms. The van der Waals surface area contributed by atoms with Crippen LogP contribution in [0.25, 0.3) is 11.1 Å². The second kappa shape index (κ2) is 8.57. The minimum absolute atomic E-state index is 0.116. The first-order valence-corrected chi connectivity index (χ1v) is 10.1. The lowest BCUT2D eigenvalue weighted by molar-refractivity contribution is -0.137. The molecule has 2 unspecified atom stereocenters. The average Bonchev–Trinajstić information content (AvgIpc) is 3.22. The number of hydrogen-bond acceptors (Lipinski definition) is 4. The van der Waals surface area contributed by atoms with Crippen molar-refractivity contribution in [1.29, 1.82) is 0 Å². The molecule has 0 spiro atoms. The third-order valence-electron chi connectivity index (χ3n) is 5.48. The molecule has 0 saturated carbocycles. The number of amides is 2. The smallest absolute Gasteiger partial charge is 0.416 e. The van der Waals surface area contributed by atoms with Gasteiger partial charge in [-0.15, -0.1) is 0 Å². The second-order valence-electron chi connectivity index (χ2n) is 7.71. The first kappa shape index (κ1) is 22.3. The average molecular weight is 459 g/mol. The zero-order chi connectivity index (χ0) is 23.8. The van der Waals surface area contributed by atoms with Gasteiger partial charge in [-0.3, -0.25) is 14.7 Å². The molecule has 0 radical (unpaired) electrons. The molecule has 3 heterocycles. The fourth-order valence-electron chi connectivity index (χ4n) is 3.78. The van der Waals surface area contributed by atoms with Crippen LogP contribution < -0.4 is 10.2 Å². The molecule has 8 nitrogen and oxygen atoms in total. The first-order valence-electron chi connectivity index (χ1n) is 10.1. The summed E-state index contributed by atoms with van der Waals surface area (Å²) in [6.07, 6.45) is -2.76. The minimum Gasteiger partial charge on any atom is -0.465 e. The first-order chi connectivity index (χ1) is 15.6. The van der Waals surface area contributed by atoms with E-state index in [2.05, 4.69) is 15.4 Å². The highest BCUT2D eigenvalue weighted by molar-refractivity contribution is 5.93. The maximum Gasteiger partial charge on any atom is 0.416 e. The van der Waals surface area contributed by atoms with Gasteiger partial charge in [-0.25, -0.2) is 9.48 Å². The molecule has 33 heavy (non-hydrogen) atoms. The van der Waals surface area contributed by atoms with E-state index in [0.717, 1.165) is 17.0 Å². The molecule has 4 rings (SSSR count). The topological polar surface area (TPSA) is 100 Å². The van der Waals surface area contributed by atoms with Crippen LogP contribution in [0, 0.1) is 5.92 Å². The van der Waals surface area contributed by atoms with E-state index < -0.39 is 23.8 Å². The lowest BCUT2D eigenvalue weighted by Gasteiger charge is -2.32. The van der Waals surface area contributed by atoms with Crippen molar-refractivity contribution in [2.75, 3.05) is 11.4 Å². The SMILES string of the molecule is CC(NC(=O)C1CN(C(=O)O)c2c(-c3ccc(C(F)(F)F)cc3)cnn2C1)c1ccccn1. The number of pyridine rings is 1. The Labute approximate surface area is 186 Å². The Morgan fingerprint density at radius 3 is 2.48 bits per heavy atom. The van der Waals surface area contributed by atoms with Crippen LogP contribution in [0.3, 0.4) is 0 Å². The maximum absolute atomic E-state index is 12.9. The number of halogens is 3. The van der Waals surface area contributed by atoms with Gasteiger partial charge < -0.3 is 10.4 Å². The number of nitrogens with one attached hydrogen (secondary N) is 1. The van der Waals surface area contributed by atoms with Crippen molar-refractivity contribution in [3.8, 4) is 11.1 Å². The molecule has 1 aliphatic rings. The number of hydrogen-bond donors (Lipinski definition) is 2. The molecule has 0 saturated heterocycles. The molecule has 2 atom stereocenters. The Bertz CT molecular complexity index is 1160. The predicted octanol–water partition coefficient (Wildman–Crippen LogP) is 3.96. The molecule has 3 aromatic rings. The van der Waals surface area contributed by atoms with Gasteiger partial charge in [-0.1, -0.05) is 18.2 Å². The number of carbonyl (C=O) groups is 2. The Hall–Kier alpha value is -3.89. The monoisotopic (exact) mass is 459 g/mol. The zero-order valence-corrected chi connectivity index (χ0v) is 17.5. The number of alkyl halides is 3. The van der Waals surface area contributed by atoms with Crippen molar-refractivity contribution in [1.82, 2.24) is 20.1 Å². The van der Waals surface area contributed by atoms with Crippen LogP contribution in [0.2, 0.25) is 0 Å². The van der Waals surface area contributed by atoms with Crippen LogP contribution in [-0.2, 0) is 17.5 Å². The Morgan fingerprint density at radius 2 is 1.88 bits per heavy atom. The van der Waals surface area contributed by atoms with Gasteiger partial charge in [-0.2, -0.15) is 18.3 Å². The Balaban J connectivity index is 1.58. The highest BCUT2D eigenvalue weighted by Gasteiger charge is 2.36. The lowest BCUT2D eigenvalue weighted by Crippen LogP contribution is -2.48. The van der Waals surface area contributed by atoms with Gasteiger partial charge in [-0.05, 0) is 36.8 Å². The molecule has 2 N–H and O–H groups in total. The molecule has 11 heteroatoms. The molecular weight excluding hydrogens is 439 g/mol. The number of benzene rings is 1. The van der Waals surface area contributed by atoms with Crippen LogP contribution in [0.15, 0.2) is 54.9 Å². The van der Waals surface area contributed by atoms with Gasteiger partial charge in [0, 0.05) is 18.3 Å². The van der Waals surface area contributed by atoms with Crippen molar-refractivity contribution < 1.29 is 27.9 Å². The van der Waals surface area contributed by atoms with Crippen LogP contribution in [-0.4, -0.2) is 38.4 Å². The van der Waals surface area contributed by atoms with Crippen molar-refractivity contribution >= 4 is 17.8 Å². The van der Waals surface area contributed by atoms with E-state index in [0.29, 0.717) is 16.8 Å². The second-order valence-corrected chi connectivity index (χ2v) is 7.71. The summed E-state index contributed by atoms with van der Waals surface area (Å²) in [6, 6.07) is 9.37. The minimum atomic E-state index is -4.48. The van der Waals surface area contributed by atoms with Crippen molar-refractivity contribution in [3.63, 3.8) is 0 Å². The number of nitrogens with zero attached hydrogens (tertiary/aromatic N) is 4. The van der Waals surface area contributed by atoms with E-state index in [1.807, 2.05) is 0 Å². The summed E-state index contributed by atoms with van der Waals surface area (Å²) in [5.74, 6) is -0.846. The van der Waals surface area contributed by atoms with Gasteiger partial charge >= 0.3 is 12.3 Å². The van der Waals surface area contributed by atoms with Gasteiger partial charge in [0.05, 0.1) is 36.0 Å². The summed E-state index contributed by atoms with van der Waals surface area (Å²) in [7, 11) is 0. The number of carboxylic acid groups (broad SMARTS) is 1. The van der Waals surface area contributed by atoms with Crippen LogP contribution >= 0.6 is 0 Å². The number of fused-ring (bicyclic) bond motifs is 1. The van der Waals surface area contributed by atoms with Gasteiger partial charge in [0.15, 0.2) is 0 Å². The fraction of sp³-hybridized carbons (Fsp3) is 0.273. The van der Waals surface area contributed by atoms with Gasteiger partial charge in [0.1, 0.15) is 5.82 Å². The van der Waals surface area contributed by atoms with Crippen LogP contribution in [0.5, 0.6) is 0 Å². The molecule has 172 valence electrons. The van der Waals surface area contributed by atoms with Gasteiger partial charge in [0.2, 0.25) is 5.91 Å². The molecule has 0 aliphatic carbocycles. The number of aromatic nitrogens is 3. The van der Waals surface area contributed by atoms with Crippen molar-refractivity contribution in [2.24, 2.45) is 5.92 Å². The Kier molecular flexibility index (Phi) is 5.79. The summed E-state index contributed by atoms with van der Waals surface area (Å²) in [6.45, 7) is 1.79. The van der Waals surface area contributed by atoms with E-state index in [1.165, 1.54) is 23.0 Å². The lowest BCUT2D eigenvalue weighted by atomic mass is 10.0. The predicted molar refractivity (Wildman–Crippen MR) is 112 cm³/mol. The van der Waals surface area contributed by atoms with E-state index in [1.54, 1.807) is 31.3 Å². The fourth-order valence-corrected chi connectivity index (χ4v) is 3.78. The summed E-state index contributed by atoms with van der Waals surface area (Å²) in [4.78, 5) is 30.1. The van der Waals surface area contributed by atoms with E-state index in [9.17, 15) is 27.9 Å². The third-order valence-corrected chi connectivity index (χ3v) is 5.48. The van der Waals surface area contributed by atoms with Crippen molar-refractivity contribution in [3.05, 3.63) is 66.1 Å². The number of rotatable bonds is 4. The van der Waals surface area contributed by atoms with Crippen molar-refractivity contribution in [2.45, 2.75) is 25.7 Å². The molecule has 1 aliphatic heterocycles. The summed E-state index contributed by atoms with van der Waals surface area (Å²) in [5, 5.41) is 16.8. The summed E-state index contributed by atoms with van der Waals surface area (Å²) >= 11 is 0. The van der Waals surface area contributed by atoms with Gasteiger partial charge in [0.25, 0.3) is 0 Å². The molecular formula is C22H20F3N5O3. The summed E-state index contributed by atoms with van der Waals surface area (Å²) < 4.78 is 40.0. The zero-order valence-electron chi connectivity index (χ0n) is 17.5. The van der Waals surface area contributed by atoms with E-state index in [-0.39, 0.29) is 30.9 Å². The van der Waals surface area contributed by atoms with E-state index >= 15 is 0 Å². The maximum atomic E-state index is 12.9.